The molecule has 0 spiro atoms. The topological polar surface area (TPSA) is 70.5 Å². The highest BCUT2D eigenvalue weighted by Crippen LogP contribution is 2.12. The van der Waals surface area contributed by atoms with Crippen LogP contribution in [0.4, 0.5) is 0 Å². The third-order valence-corrected chi connectivity index (χ3v) is 4.71. The number of rotatable bonds is 4. The highest BCUT2D eigenvalue weighted by atomic mass is 16.2. The second-order valence-corrected chi connectivity index (χ2v) is 6.48. The first-order valence-corrected chi connectivity index (χ1v) is 8.34. The Balaban J connectivity index is 1.44. The molecule has 7 heteroatoms. The first-order chi connectivity index (χ1) is 11.0. The quantitative estimate of drug-likeness (QED) is 0.843. The molecular formula is C16H25N5O2. The van der Waals surface area contributed by atoms with E-state index in [0.717, 1.165) is 45.0 Å². The molecule has 0 radical (unpaired) electrons. The minimum Gasteiger partial charge on any atom is -0.344 e. The van der Waals surface area contributed by atoms with E-state index in [1.54, 1.807) is 0 Å². The lowest BCUT2D eigenvalue weighted by Gasteiger charge is -2.35. The van der Waals surface area contributed by atoms with E-state index >= 15 is 0 Å². The molecule has 3 rings (SSSR count). The minimum absolute atomic E-state index is 0.00753. The van der Waals surface area contributed by atoms with Crippen molar-refractivity contribution in [2.45, 2.75) is 39.3 Å². The maximum Gasteiger partial charge on any atom is 0.245 e. The summed E-state index contributed by atoms with van der Waals surface area (Å²) < 4.78 is 2.04. The van der Waals surface area contributed by atoms with Gasteiger partial charge in [-0.15, -0.1) is 0 Å². The summed E-state index contributed by atoms with van der Waals surface area (Å²) in [7, 11) is 0. The van der Waals surface area contributed by atoms with Crippen LogP contribution in [0.3, 0.4) is 0 Å². The zero-order valence-corrected chi connectivity index (χ0v) is 13.9. The van der Waals surface area contributed by atoms with Crippen molar-refractivity contribution in [3.8, 4) is 0 Å². The average Bonchev–Trinajstić information content (AvgIpc) is 3.10. The molecule has 1 aromatic rings. The molecule has 2 fully saturated rings. The van der Waals surface area contributed by atoms with Crippen LogP contribution in [0.5, 0.6) is 0 Å². The molecule has 0 aliphatic carbocycles. The summed E-state index contributed by atoms with van der Waals surface area (Å²) >= 11 is 0. The van der Waals surface area contributed by atoms with Crippen LogP contribution < -0.4 is 5.32 Å². The Hall–Kier alpha value is -1.89. The summed E-state index contributed by atoms with van der Waals surface area (Å²) in [5.41, 5.74) is 2.24. The summed E-state index contributed by atoms with van der Waals surface area (Å²) in [5, 5.41) is 7.24. The van der Waals surface area contributed by atoms with Crippen molar-refractivity contribution in [2.24, 2.45) is 0 Å². The van der Waals surface area contributed by atoms with E-state index in [0.29, 0.717) is 12.8 Å². The van der Waals surface area contributed by atoms with Gasteiger partial charge in [-0.1, -0.05) is 0 Å². The van der Waals surface area contributed by atoms with Gasteiger partial charge in [0.2, 0.25) is 11.8 Å². The SMILES string of the molecule is Cc1cc(C)n(CCN2CCN(C(=O)C3CCC(=O)N3)CC2)n1. The molecule has 0 saturated carbocycles. The van der Waals surface area contributed by atoms with E-state index in [1.165, 1.54) is 5.69 Å². The van der Waals surface area contributed by atoms with Crippen molar-refractivity contribution in [1.29, 1.82) is 0 Å². The molecule has 2 saturated heterocycles. The number of carbonyl (C=O) groups is 2. The van der Waals surface area contributed by atoms with Crippen molar-refractivity contribution >= 4 is 11.8 Å². The van der Waals surface area contributed by atoms with Gasteiger partial charge in [0.25, 0.3) is 0 Å². The van der Waals surface area contributed by atoms with Crippen molar-refractivity contribution in [1.82, 2.24) is 24.9 Å². The Bertz CT molecular complexity index is 589. The van der Waals surface area contributed by atoms with E-state index in [-0.39, 0.29) is 17.9 Å². The van der Waals surface area contributed by atoms with Crippen LogP contribution in [0.25, 0.3) is 0 Å². The fraction of sp³-hybridized carbons (Fsp3) is 0.688. The maximum atomic E-state index is 12.4. The van der Waals surface area contributed by atoms with Gasteiger partial charge in [-0.2, -0.15) is 5.10 Å². The van der Waals surface area contributed by atoms with E-state index in [1.807, 2.05) is 16.5 Å². The summed E-state index contributed by atoms with van der Waals surface area (Å²) in [6.45, 7) is 9.15. The van der Waals surface area contributed by atoms with Crippen LogP contribution in [0, 0.1) is 13.8 Å². The summed E-state index contributed by atoms with van der Waals surface area (Å²) in [6, 6.07) is 1.79. The lowest BCUT2D eigenvalue weighted by molar-refractivity contribution is -0.136. The van der Waals surface area contributed by atoms with Crippen LogP contribution in [0.2, 0.25) is 0 Å². The van der Waals surface area contributed by atoms with E-state index < -0.39 is 0 Å². The molecule has 1 atom stereocenters. The van der Waals surface area contributed by atoms with Crippen LogP contribution in [-0.4, -0.2) is 70.2 Å². The molecule has 1 aromatic heterocycles. The predicted molar refractivity (Wildman–Crippen MR) is 85.9 cm³/mol. The Morgan fingerprint density at radius 1 is 1.26 bits per heavy atom. The fourth-order valence-electron chi connectivity index (χ4n) is 3.35. The van der Waals surface area contributed by atoms with Crippen molar-refractivity contribution < 1.29 is 9.59 Å². The number of carbonyl (C=O) groups excluding carboxylic acids is 2. The molecule has 1 N–H and O–H groups in total. The molecule has 7 nitrogen and oxygen atoms in total. The van der Waals surface area contributed by atoms with Gasteiger partial charge in [-0.25, -0.2) is 0 Å². The summed E-state index contributed by atoms with van der Waals surface area (Å²) in [5.74, 6) is 0.0703. The Morgan fingerprint density at radius 3 is 2.57 bits per heavy atom. The van der Waals surface area contributed by atoms with Gasteiger partial charge < -0.3 is 10.2 Å². The molecule has 0 bridgehead atoms. The molecule has 2 amide bonds. The predicted octanol–water partition coefficient (Wildman–Crippen LogP) is -0.0773. The highest BCUT2D eigenvalue weighted by Gasteiger charge is 2.32. The third kappa shape index (κ3) is 3.72. The summed E-state index contributed by atoms with van der Waals surface area (Å²) in [6.07, 6.45) is 1.11. The van der Waals surface area contributed by atoms with Crippen molar-refractivity contribution in [2.75, 3.05) is 32.7 Å². The minimum atomic E-state index is -0.302. The zero-order chi connectivity index (χ0) is 16.4. The average molecular weight is 319 g/mol. The monoisotopic (exact) mass is 319 g/mol. The van der Waals surface area contributed by atoms with Gasteiger partial charge in [-0.05, 0) is 26.3 Å². The normalized spacial score (nSPS) is 22.4. The molecule has 126 valence electrons. The number of aromatic nitrogens is 2. The number of nitrogens with one attached hydrogen (secondary N) is 1. The number of hydrogen-bond acceptors (Lipinski definition) is 4. The lowest BCUT2D eigenvalue weighted by Crippen LogP contribution is -2.53. The van der Waals surface area contributed by atoms with Gasteiger partial charge in [-0.3, -0.25) is 19.2 Å². The highest BCUT2D eigenvalue weighted by molar-refractivity contribution is 5.90. The number of piperazine rings is 1. The van der Waals surface area contributed by atoms with E-state index in [4.69, 9.17) is 0 Å². The van der Waals surface area contributed by atoms with E-state index in [9.17, 15) is 9.59 Å². The van der Waals surface area contributed by atoms with E-state index in [2.05, 4.69) is 28.3 Å². The number of hydrogen-bond donors (Lipinski definition) is 1. The van der Waals surface area contributed by atoms with Crippen LogP contribution in [-0.2, 0) is 16.1 Å². The Labute approximate surface area is 136 Å². The Kier molecular flexibility index (Phi) is 4.66. The van der Waals surface area contributed by atoms with Gasteiger partial charge >= 0.3 is 0 Å². The number of amides is 2. The molecule has 2 aliphatic heterocycles. The molecule has 2 aliphatic rings. The maximum absolute atomic E-state index is 12.4. The van der Waals surface area contributed by atoms with Gasteiger partial charge in [0, 0.05) is 44.8 Å². The molecule has 3 heterocycles. The van der Waals surface area contributed by atoms with Crippen LogP contribution >= 0.6 is 0 Å². The Morgan fingerprint density at radius 2 is 2.00 bits per heavy atom. The molecular weight excluding hydrogens is 294 g/mol. The molecule has 23 heavy (non-hydrogen) atoms. The standard InChI is InChI=1S/C16H25N5O2/c1-12-11-13(2)21(18-12)10-7-19-5-8-20(9-6-19)16(23)14-3-4-15(22)17-14/h11,14H,3-10H2,1-2H3,(H,17,22). The summed E-state index contributed by atoms with van der Waals surface area (Å²) in [4.78, 5) is 27.9. The third-order valence-electron chi connectivity index (χ3n) is 4.71. The lowest BCUT2D eigenvalue weighted by atomic mass is 10.2. The number of aryl methyl sites for hydroxylation is 2. The van der Waals surface area contributed by atoms with Gasteiger partial charge in [0.15, 0.2) is 0 Å². The second kappa shape index (κ2) is 6.70. The first kappa shape index (κ1) is 16.0. The van der Waals surface area contributed by atoms with Crippen molar-refractivity contribution in [3.05, 3.63) is 17.5 Å². The molecule has 1 unspecified atom stereocenters. The largest absolute Gasteiger partial charge is 0.344 e. The first-order valence-electron chi connectivity index (χ1n) is 8.34. The van der Waals surface area contributed by atoms with Crippen LogP contribution in [0.1, 0.15) is 24.2 Å². The number of nitrogens with zero attached hydrogens (tertiary/aromatic N) is 4. The zero-order valence-electron chi connectivity index (χ0n) is 13.9. The van der Waals surface area contributed by atoms with Crippen molar-refractivity contribution in [3.63, 3.8) is 0 Å². The fourth-order valence-corrected chi connectivity index (χ4v) is 3.35. The van der Waals surface area contributed by atoms with Gasteiger partial charge in [0.05, 0.1) is 12.2 Å². The van der Waals surface area contributed by atoms with Gasteiger partial charge in [0.1, 0.15) is 6.04 Å². The second-order valence-electron chi connectivity index (χ2n) is 6.48. The molecule has 0 aromatic carbocycles. The van der Waals surface area contributed by atoms with Crippen LogP contribution in [0.15, 0.2) is 6.07 Å². The smallest absolute Gasteiger partial charge is 0.245 e.